The Morgan fingerprint density at radius 2 is 1.84 bits per heavy atom. The molecule has 2 aromatic rings. The van der Waals surface area contributed by atoms with Crippen LogP contribution in [-0.2, 0) is 0 Å². The molecule has 96 valence electrons. The number of nitrogens with zero attached hydrogens (tertiary/aromatic N) is 1. The molecule has 0 fully saturated rings. The number of rotatable bonds is 4. The number of halogens is 1. The summed E-state index contributed by atoms with van der Waals surface area (Å²) in [5, 5.41) is 12.6. The van der Waals surface area contributed by atoms with Gasteiger partial charge in [-0.3, -0.25) is 5.43 Å². The minimum atomic E-state index is -0.985. The van der Waals surface area contributed by atoms with Gasteiger partial charge >= 0.3 is 5.97 Å². The molecule has 0 heterocycles. The Bertz CT molecular complexity index is 609. The van der Waals surface area contributed by atoms with Gasteiger partial charge in [0.25, 0.3) is 0 Å². The zero-order valence-corrected chi connectivity index (χ0v) is 9.88. The number of anilines is 1. The second kappa shape index (κ2) is 5.77. The molecule has 0 saturated heterocycles. The van der Waals surface area contributed by atoms with Crippen LogP contribution in [0, 0.1) is 5.82 Å². The topological polar surface area (TPSA) is 61.7 Å². The van der Waals surface area contributed by atoms with Crippen molar-refractivity contribution in [3.8, 4) is 0 Å². The number of nitrogens with one attached hydrogen (secondary N) is 1. The smallest absolute Gasteiger partial charge is 0.335 e. The highest BCUT2D eigenvalue weighted by molar-refractivity contribution is 5.88. The molecule has 0 aliphatic carbocycles. The molecule has 0 spiro atoms. The molecule has 0 aromatic heterocycles. The standard InChI is InChI=1S/C14H11FN2O2/c15-13-4-2-1-3-11(13)9-16-17-12-7-5-10(6-8-12)14(18)19/h1-9,17H,(H,18,19)/b16-9-. The predicted octanol–water partition coefficient (Wildman–Crippen LogP) is 2.97. The Morgan fingerprint density at radius 3 is 2.47 bits per heavy atom. The van der Waals surface area contributed by atoms with Crippen LogP contribution in [-0.4, -0.2) is 17.3 Å². The lowest BCUT2D eigenvalue weighted by molar-refractivity contribution is 0.0697. The first-order valence-corrected chi connectivity index (χ1v) is 5.54. The van der Waals surface area contributed by atoms with Crippen molar-refractivity contribution >= 4 is 17.9 Å². The Hall–Kier alpha value is -2.69. The van der Waals surface area contributed by atoms with E-state index >= 15 is 0 Å². The van der Waals surface area contributed by atoms with Crippen molar-refractivity contribution in [1.82, 2.24) is 0 Å². The summed E-state index contributed by atoms with van der Waals surface area (Å²) in [6.45, 7) is 0. The molecule has 0 amide bonds. The average molecular weight is 258 g/mol. The van der Waals surface area contributed by atoms with Gasteiger partial charge in [-0.2, -0.15) is 5.10 Å². The van der Waals surface area contributed by atoms with E-state index in [1.165, 1.54) is 24.4 Å². The number of aromatic carboxylic acids is 1. The summed E-state index contributed by atoms with van der Waals surface area (Å²) >= 11 is 0. The van der Waals surface area contributed by atoms with E-state index in [2.05, 4.69) is 10.5 Å². The molecule has 2 N–H and O–H groups in total. The molecule has 4 nitrogen and oxygen atoms in total. The van der Waals surface area contributed by atoms with Crippen molar-refractivity contribution in [3.63, 3.8) is 0 Å². The third-order valence-electron chi connectivity index (χ3n) is 2.43. The number of hydrogen-bond acceptors (Lipinski definition) is 3. The summed E-state index contributed by atoms with van der Waals surface area (Å²) in [6, 6.07) is 12.4. The maximum Gasteiger partial charge on any atom is 0.335 e. The number of benzene rings is 2. The Labute approximate surface area is 109 Å². The van der Waals surface area contributed by atoms with E-state index in [9.17, 15) is 9.18 Å². The van der Waals surface area contributed by atoms with Gasteiger partial charge in [0.2, 0.25) is 0 Å². The third kappa shape index (κ3) is 3.38. The first-order chi connectivity index (χ1) is 9.16. The number of hydrazone groups is 1. The van der Waals surface area contributed by atoms with Crippen LogP contribution in [0.5, 0.6) is 0 Å². The minimum Gasteiger partial charge on any atom is -0.478 e. The van der Waals surface area contributed by atoms with Crippen molar-refractivity contribution in [1.29, 1.82) is 0 Å². The summed E-state index contributed by atoms with van der Waals surface area (Å²) in [5.74, 6) is -1.34. The third-order valence-corrected chi connectivity index (χ3v) is 2.43. The summed E-state index contributed by atoms with van der Waals surface area (Å²) < 4.78 is 13.3. The van der Waals surface area contributed by atoms with Gasteiger partial charge in [-0.1, -0.05) is 18.2 Å². The molecule has 0 aliphatic heterocycles. The molecule has 0 atom stereocenters. The maximum absolute atomic E-state index is 13.3. The van der Waals surface area contributed by atoms with Gasteiger partial charge in [-0.15, -0.1) is 0 Å². The van der Waals surface area contributed by atoms with Crippen LogP contribution in [0.1, 0.15) is 15.9 Å². The summed E-state index contributed by atoms with van der Waals surface area (Å²) in [5.41, 5.74) is 3.89. The second-order valence-electron chi connectivity index (χ2n) is 3.77. The van der Waals surface area contributed by atoms with Crippen molar-refractivity contribution in [2.45, 2.75) is 0 Å². The number of hydrogen-bond donors (Lipinski definition) is 2. The molecular weight excluding hydrogens is 247 g/mol. The van der Waals surface area contributed by atoms with Crippen LogP contribution in [0.4, 0.5) is 10.1 Å². The largest absolute Gasteiger partial charge is 0.478 e. The SMILES string of the molecule is O=C(O)c1ccc(N/N=C\c2ccccc2F)cc1. The van der Waals surface area contributed by atoms with Gasteiger partial charge in [-0.25, -0.2) is 9.18 Å². The Kier molecular flexibility index (Phi) is 3.87. The monoisotopic (exact) mass is 258 g/mol. The van der Waals surface area contributed by atoms with Gasteiger partial charge in [0.1, 0.15) is 5.82 Å². The van der Waals surface area contributed by atoms with Gasteiger partial charge in [0, 0.05) is 5.56 Å². The van der Waals surface area contributed by atoms with Crippen LogP contribution < -0.4 is 5.43 Å². The van der Waals surface area contributed by atoms with Crippen molar-refractivity contribution in [2.75, 3.05) is 5.43 Å². The van der Waals surface area contributed by atoms with Crippen LogP contribution in [0.2, 0.25) is 0 Å². The van der Waals surface area contributed by atoms with Crippen molar-refractivity contribution in [3.05, 3.63) is 65.5 Å². The zero-order chi connectivity index (χ0) is 13.7. The number of carbonyl (C=O) groups is 1. The number of carboxylic acids is 1. The fourth-order valence-electron chi connectivity index (χ4n) is 1.44. The summed E-state index contributed by atoms with van der Waals surface area (Å²) in [7, 11) is 0. The first-order valence-electron chi connectivity index (χ1n) is 5.54. The van der Waals surface area contributed by atoms with E-state index in [0.29, 0.717) is 11.3 Å². The zero-order valence-electron chi connectivity index (χ0n) is 9.88. The quantitative estimate of drug-likeness (QED) is 0.654. The summed E-state index contributed by atoms with van der Waals surface area (Å²) in [4.78, 5) is 10.7. The molecule has 19 heavy (non-hydrogen) atoms. The molecule has 2 rings (SSSR count). The van der Waals surface area contributed by atoms with Gasteiger partial charge < -0.3 is 5.11 Å². The highest BCUT2D eigenvalue weighted by atomic mass is 19.1. The lowest BCUT2D eigenvalue weighted by Crippen LogP contribution is -1.97. The lowest BCUT2D eigenvalue weighted by atomic mass is 10.2. The van der Waals surface area contributed by atoms with Crippen LogP contribution in [0.15, 0.2) is 53.6 Å². The Morgan fingerprint density at radius 1 is 1.16 bits per heavy atom. The molecule has 0 saturated carbocycles. The van der Waals surface area contributed by atoms with Gasteiger partial charge in [0.15, 0.2) is 0 Å². The highest BCUT2D eigenvalue weighted by Gasteiger charge is 2.00. The second-order valence-corrected chi connectivity index (χ2v) is 3.77. The van der Waals surface area contributed by atoms with Crippen molar-refractivity contribution < 1.29 is 14.3 Å². The summed E-state index contributed by atoms with van der Waals surface area (Å²) in [6.07, 6.45) is 1.36. The van der Waals surface area contributed by atoms with Crippen molar-refractivity contribution in [2.24, 2.45) is 5.10 Å². The van der Waals surface area contributed by atoms with Crippen LogP contribution in [0.25, 0.3) is 0 Å². The van der Waals surface area contributed by atoms with E-state index in [1.807, 2.05) is 0 Å². The van der Waals surface area contributed by atoms with E-state index < -0.39 is 5.97 Å². The van der Waals surface area contributed by atoms with Crippen LogP contribution >= 0.6 is 0 Å². The average Bonchev–Trinajstić information content (AvgIpc) is 2.41. The van der Waals surface area contributed by atoms with E-state index in [0.717, 1.165) is 0 Å². The molecule has 0 unspecified atom stereocenters. The fraction of sp³-hybridized carbons (Fsp3) is 0. The molecule has 2 aromatic carbocycles. The molecule has 5 heteroatoms. The first kappa shape index (κ1) is 12.8. The molecule has 0 bridgehead atoms. The molecule has 0 aliphatic rings. The minimum absolute atomic E-state index is 0.198. The number of carboxylic acid groups (broad SMARTS) is 1. The highest BCUT2D eigenvalue weighted by Crippen LogP contribution is 2.09. The van der Waals surface area contributed by atoms with E-state index in [-0.39, 0.29) is 11.4 Å². The van der Waals surface area contributed by atoms with Gasteiger partial charge in [0.05, 0.1) is 17.5 Å². The molecule has 0 radical (unpaired) electrons. The molecular formula is C14H11FN2O2. The van der Waals surface area contributed by atoms with Gasteiger partial charge in [-0.05, 0) is 30.3 Å². The maximum atomic E-state index is 13.3. The Balaban J connectivity index is 2.03. The normalized spacial score (nSPS) is 10.6. The van der Waals surface area contributed by atoms with Crippen LogP contribution in [0.3, 0.4) is 0 Å². The fourth-order valence-corrected chi connectivity index (χ4v) is 1.44. The lowest BCUT2D eigenvalue weighted by Gasteiger charge is -2.01. The predicted molar refractivity (Wildman–Crippen MR) is 71.0 cm³/mol. The van der Waals surface area contributed by atoms with E-state index in [4.69, 9.17) is 5.11 Å². The van der Waals surface area contributed by atoms with E-state index in [1.54, 1.807) is 30.3 Å².